The lowest BCUT2D eigenvalue weighted by Crippen LogP contribution is -2.46. The molecule has 2 fully saturated rings. The zero-order valence-corrected chi connectivity index (χ0v) is 17.4. The Balaban J connectivity index is 1.33. The van der Waals surface area contributed by atoms with Gasteiger partial charge >= 0.3 is 0 Å². The molecule has 1 saturated heterocycles. The van der Waals surface area contributed by atoms with Crippen molar-refractivity contribution in [3.05, 3.63) is 35.6 Å². The van der Waals surface area contributed by atoms with Gasteiger partial charge in [-0.25, -0.2) is 4.39 Å². The monoisotopic (exact) mass is 406 g/mol. The zero-order valence-electron chi connectivity index (χ0n) is 16.6. The van der Waals surface area contributed by atoms with E-state index in [1.165, 1.54) is 18.9 Å². The second-order valence-corrected chi connectivity index (χ2v) is 8.64. The minimum Gasteiger partial charge on any atom is -0.356 e. The summed E-state index contributed by atoms with van der Waals surface area (Å²) in [5.41, 5.74) is 0.744. The van der Waals surface area contributed by atoms with Crippen LogP contribution in [0.15, 0.2) is 29.3 Å². The maximum absolute atomic E-state index is 13.6. The van der Waals surface area contributed by atoms with Crippen molar-refractivity contribution < 1.29 is 9.18 Å². The van der Waals surface area contributed by atoms with E-state index in [2.05, 4.69) is 15.6 Å². The normalized spacial score (nSPS) is 20.6. The number of hydrogen-bond donors (Lipinski definition) is 2. The van der Waals surface area contributed by atoms with Gasteiger partial charge in [0.1, 0.15) is 5.82 Å². The van der Waals surface area contributed by atoms with E-state index in [9.17, 15) is 9.18 Å². The highest BCUT2D eigenvalue weighted by Crippen LogP contribution is 2.27. The first kappa shape index (κ1) is 21.0. The Morgan fingerprint density at radius 2 is 2.07 bits per heavy atom. The fourth-order valence-electron chi connectivity index (χ4n) is 3.94. The van der Waals surface area contributed by atoms with Crippen molar-refractivity contribution in [1.29, 1.82) is 0 Å². The second kappa shape index (κ2) is 10.7. The molecule has 3 rings (SSSR count). The van der Waals surface area contributed by atoms with Crippen molar-refractivity contribution in [2.45, 2.75) is 43.9 Å². The summed E-state index contributed by atoms with van der Waals surface area (Å²) in [6.07, 6.45) is 5.46. The van der Waals surface area contributed by atoms with Gasteiger partial charge in [-0.2, -0.15) is 11.8 Å². The Hall–Kier alpha value is -1.76. The highest BCUT2D eigenvalue weighted by molar-refractivity contribution is 7.98. The number of nitrogens with zero attached hydrogens (tertiary/aromatic N) is 2. The Bertz CT molecular complexity index is 678. The number of carbonyl (C=O) groups is 1. The molecule has 1 aliphatic heterocycles. The fourth-order valence-corrected chi connectivity index (χ4v) is 4.78. The molecular formula is C21H31FN4OS. The molecule has 0 aromatic heterocycles. The van der Waals surface area contributed by atoms with Crippen LogP contribution in [0.3, 0.4) is 0 Å². The number of thioether (sulfide) groups is 1. The van der Waals surface area contributed by atoms with Crippen LogP contribution >= 0.6 is 11.8 Å². The number of guanidine groups is 1. The summed E-state index contributed by atoms with van der Waals surface area (Å²) in [7, 11) is 1.76. The molecule has 1 aliphatic carbocycles. The van der Waals surface area contributed by atoms with Crippen molar-refractivity contribution in [2.24, 2.45) is 10.9 Å². The average molecular weight is 407 g/mol. The lowest BCUT2D eigenvalue weighted by Gasteiger charge is -2.21. The maximum Gasteiger partial charge on any atom is 0.225 e. The summed E-state index contributed by atoms with van der Waals surface area (Å²) in [5.74, 6) is 2.76. The van der Waals surface area contributed by atoms with Gasteiger partial charge in [0.15, 0.2) is 5.96 Å². The lowest BCUT2D eigenvalue weighted by atomic mass is 10.1. The van der Waals surface area contributed by atoms with Crippen molar-refractivity contribution >= 4 is 23.6 Å². The third-order valence-corrected chi connectivity index (χ3v) is 6.53. The molecule has 28 heavy (non-hydrogen) atoms. The molecule has 1 atom stereocenters. The van der Waals surface area contributed by atoms with Crippen LogP contribution in [0.4, 0.5) is 4.39 Å². The van der Waals surface area contributed by atoms with Crippen molar-refractivity contribution in [2.75, 3.05) is 32.4 Å². The Kier molecular flexibility index (Phi) is 8.01. The largest absolute Gasteiger partial charge is 0.356 e. The third-order valence-electron chi connectivity index (χ3n) is 5.52. The van der Waals surface area contributed by atoms with Crippen LogP contribution in [0.25, 0.3) is 0 Å². The molecule has 7 heteroatoms. The van der Waals surface area contributed by atoms with E-state index in [1.54, 1.807) is 24.9 Å². The first-order valence-electron chi connectivity index (χ1n) is 10.2. The minimum absolute atomic E-state index is 0.140. The number of amides is 1. The van der Waals surface area contributed by atoms with Crippen LogP contribution in [0, 0.1) is 11.7 Å². The smallest absolute Gasteiger partial charge is 0.225 e. The van der Waals surface area contributed by atoms with Crippen LogP contribution in [-0.2, 0) is 10.5 Å². The van der Waals surface area contributed by atoms with Crippen molar-refractivity contribution in [1.82, 2.24) is 15.5 Å². The summed E-state index contributed by atoms with van der Waals surface area (Å²) in [6.45, 7) is 2.36. The number of benzene rings is 1. The highest BCUT2D eigenvalue weighted by Gasteiger charge is 2.32. The maximum atomic E-state index is 13.6. The first-order chi connectivity index (χ1) is 13.7. The van der Waals surface area contributed by atoms with Gasteiger partial charge in [-0.05, 0) is 30.9 Å². The summed E-state index contributed by atoms with van der Waals surface area (Å²) in [6, 6.07) is 7.16. The number of carbonyl (C=O) groups excluding carboxylic acids is 1. The van der Waals surface area contributed by atoms with E-state index >= 15 is 0 Å². The Morgan fingerprint density at radius 3 is 2.82 bits per heavy atom. The number of likely N-dealkylation sites (tertiary alicyclic amines) is 1. The number of halogens is 1. The molecule has 0 bridgehead atoms. The van der Waals surface area contributed by atoms with Gasteiger partial charge in [-0.15, -0.1) is 0 Å². The standard InChI is InChI=1S/C21H31FN4OS/c1-23-21(24-11-13-28-15-17-8-4-5-9-19(17)22)25-18-10-12-26(14-18)20(27)16-6-2-3-7-16/h4-5,8-9,16,18H,2-3,6-7,10-15H2,1H3,(H2,23,24,25). The SMILES string of the molecule is CN=C(NCCSCc1ccccc1F)NC1CCN(C(=O)C2CCCC2)C1. The molecule has 1 saturated carbocycles. The molecule has 2 N–H and O–H groups in total. The zero-order chi connectivity index (χ0) is 19.8. The molecule has 1 aromatic rings. The fraction of sp³-hybridized carbons (Fsp3) is 0.619. The van der Waals surface area contributed by atoms with Crippen LogP contribution in [-0.4, -0.2) is 55.2 Å². The topological polar surface area (TPSA) is 56.7 Å². The van der Waals surface area contributed by atoms with E-state index < -0.39 is 0 Å². The summed E-state index contributed by atoms with van der Waals surface area (Å²) in [5, 5.41) is 6.75. The van der Waals surface area contributed by atoms with Gasteiger partial charge in [0.05, 0.1) is 0 Å². The summed E-state index contributed by atoms with van der Waals surface area (Å²) in [4.78, 5) is 18.9. The molecule has 2 aliphatic rings. The van der Waals surface area contributed by atoms with Gasteiger partial charge in [-0.1, -0.05) is 31.0 Å². The van der Waals surface area contributed by atoms with Gasteiger partial charge in [0.25, 0.3) is 0 Å². The molecule has 0 spiro atoms. The number of aliphatic imine (C=N–C) groups is 1. The Labute approximate surface area is 171 Å². The third kappa shape index (κ3) is 5.87. The molecule has 1 unspecified atom stereocenters. The van der Waals surface area contributed by atoms with E-state index in [0.29, 0.717) is 11.7 Å². The first-order valence-corrected chi connectivity index (χ1v) is 11.4. The number of hydrogen-bond acceptors (Lipinski definition) is 3. The molecule has 1 heterocycles. The summed E-state index contributed by atoms with van der Waals surface area (Å²) < 4.78 is 13.6. The molecule has 0 radical (unpaired) electrons. The van der Waals surface area contributed by atoms with Crippen molar-refractivity contribution in [3.8, 4) is 0 Å². The lowest BCUT2D eigenvalue weighted by molar-refractivity contribution is -0.134. The van der Waals surface area contributed by atoms with E-state index in [-0.39, 0.29) is 17.8 Å². The molecule has 154 valence electrons. The number of rotatable bonds is 7. The van der Waals surface area contributed by atoms with E-state index in [0.717, 1.165) is 56.2 Å². The summed E-state index contributed by atoms with van der Waals surface area (Å²) >= 11 is 1.70. The van der Waals surface area contributed by atoms with Gasteiger partial charge in [0.2, 0.25) is 5.91 Å². The predicted octanol–water partition coefficient (Wildman–Crippen LogP) is 3.02. The van der Waals surface area contributed by atoms with Crippen LogP contribution in [0.1, 0.15) is 37.7 Å². The van der Waals surface area contributed by atoms with Crippen LogP contribution in [0.2, 0.25) is 0 Å². The average Bonchev–Trinajstić information content (AvgIpc) is 3.40. The van der Waals surface area contributed by atoms with E-state index in [4.69, 9.17) is 0 Å². The van der Waals surface area contributed by atoms with Gasteiger partial charge < -0.3 is 15.5 Å². The number of nitrogens with one attached hydrogen (secondary N) is 2. The quantitative estimate of drug-likeness (QED) is 0.415. The van der Waals surface area contributed by atoms with E-state index in [1.807, 2.05) is 17.0 Å². The van der Waals surface area contributed by atoms with Crippen molar-refractivity contribution in [3.63, 3.8) is 0 Å². The molecule has 1 aromatic carbocycles. The Morgan fingerprint density at radius 1 is 1.29 bits per heavy atom. The molecule has 5 nitrogen and oxygen atoms in total. The molecule has 1 amide bonds. The van der Waals surface area contributed by atoms with Gasteiger partial charge in [0, 0.05) is 50.1 Å². The highest BCUT2D eigenvalue weighted by atomic mass is 32.2. The minimum atomic E-state index is -0.140. The molecular weight excluding hydrogens is 375 g/mol. The second-order valence-electron chi connectivity index (χ2n) is 7.54. The van der Waals surface area contributed by atoms with Crippen LogP contribution in [0.5, 0.6) is 0 Å². The van der Waals surface area contributed by atoms with Gasteiger partial charge in [-0.3, -0.25) is 9.79 Å². The van der Waals surface area contributed by atoms with Crippen LogP contribution < -0.4 is 10.6 Å². The predicted molar refractivity (Wildman–Crippen MR) is 114 cm³/mol.